The van der Waals surface area contributed by atoms with Crippen LogP contribution >= 0.6 is 0 Å². The molecule has 0 aromatic heterocycles. The van der Waals surface area contributed by atoms with Crippen molar-refractivity contribution >= 4 is 5.97 Å². The SMILES string of the molecule is C=CC[C@]1(C(=O)OCC)C[C@H]2OC(C)(C)O[C@H]2[C@@H]([C@H]2COC(C)(C)O2)O1. The molecular weight excluding hydrogens is 340 g/mol. The first kappa shape index (κ1) is 19.8. The number of rotatable bonds is 5. The Bertz CT molecular complexity index is 558. The van der Waals surface area contributed by atoms with Crippen molar-refractivity contribution in [1.29, 1.82) is 0 Å². The van der Waals surface area contributed by atoms with Crippen LogP contribution < -0.4 is 0 Å². The van der Waals surface area contributed by atoms with E-state index in [0.717, 1.165) is 0 Å². The van der Waals surface area contributed by atoms with Crippen molar-refractivity contribution in [2.24, 2.45) is 0 Å². The van der Waals surface area contributed by atoms with E-state index in [0.29, 0.717) is 19.4 Å². The van der Waals surface area contributed by atoms with Gasteiger partial charge < -0.3 is 28.4 Å². The fourth-order valence-electron chi connectivity index (χ4n) is 4.01. The molecule has 0 aliphatic carbocycles. The Morgan fingerprint density at radius 1 is 1.08 bits per heavy atom. The summed E-state index contributed by atoms with van der Waals surface area (Å²) in [6, 6.07) is 0. The molecule has 7 nitrogen and oxygen atoms in total. The fraction of sp³-hybridized carbons (Fsp3) is 0.842. The maximum Gasteiger partial charge on any atom is 0.338 e. The molecule has 3 aliphatic heterocycles. The molecule has 0 aromatic rings. The van der Waals surface area contributed by atoms with Crippen LogP contribution in [0, 0.1) is 0 Å². The molecule has 0 radical (unpaired) electrons. The van der Waals surface area contributed by atoms with E-state index >= 15 is 0 Å². The van der Waals surface area contributed by atoms with Gasteiger partial charge in [0.05, 0.1) is 19.3 Å². The van der Waals surface area contributed by atoms with Crippen molar-refractivity contribution in [3.63, 3.8) is 0 Å². The second-order valence-corrected chi connectivity index (χ2v) is 8.00. The number of fused-ring (bicyclic) bond motifs is 1. The minimum absolute atomic E-state index is 0.277. The lowest BCUT2D eigenvalue weighted by Crippen LogP contribution is -2.61. The number of hydrogen-bond acceptors (Lipinski definition) is 7. The summed E-state index contributed by atoms with van der Waals surface area (Å²) in [5.74, 6) is -1.87. The van der Waals surface area contributed by atoms with E-state index in [-0.39, 0.29) is 24.9 Å². The molecule has 3 rings (SSSR count). The van der Waals surface area contributed by atoms with Crippen LogP contribution in [0.3, 0.4) is 0 Å². The third-order valence-corrected chi connectivity index (χ3v) is 4.96. The van der Waals surface area contributed by atoms with E-state index in [4.69, 9.17) is 28.4 Å². The number of ether oxygens (including phenoxy) is 6. The molecule has 3 heterocycles. The standard InChI is InChI=1S/C19H30O7/c1-7-9-19(16(20)21-8-2)10-12-14(25-18(5,6)23-12)15(26-19)13-11-22-17(3,4)24-13/h7,12-15H,1,8-11H2,2-6H3/t12-,13-,14-,15-,19-/m1/s1. The Hall–Kier alpha value is -0.990. The van der Waals surface area contributed by atoms with Crippen LogP contribution in [0.25, 0.3) is 0 Å². The van der Waals surface area contributed by atoms with Gasteiger partial charge in [0.25, 0.3) is 0 Å². The van der Waals surface area contributed by atoms with Crippen LogP contribution in [-0.4, -0.2) is 60.8 Å². The highest BCUT2D eigenvalue weighted by molar-refractivity contribution is 5.80. The average Bonchev–Trinajstić information content (AvgIpc) is 3.04. The van der Waals surface area contributed by atoms with Crippen molar-refractivity contribution in [3.8, 4) is 0 Å². The van der Waals surface area contributed by atoms with Gasteiger partial charge in [0.15, 0.2) is 17.2 Å². The van der Waals surface area contributed by atoms with Crippen molar-refractivity contribution in [1.82, 2.24) is 0 Å². The molecule has 0 unspecified atom stereocenters. The van der Waals surface area contributed by atoms with Gasteiger partial charge in [-0.2, -0.15) is 0 Å². The normalized spacial score (nSPS) is 40.8. The van der Waals surface area contributed by atoms with Gasteiger partial charge in [-0.05, 0) is 34.6 Å². The molecule has 148 valence electrons. The van der Waals surface area contributed by atoms with Gasteiger partial charge in [-0.1, -0.05) is 6.08 Å². The predicted octanol–water partition coefficient (Wildman–Crippen LogP) is 2.32. The first-order valence-corrected chi connectivity index (χ1v) is 9.25. The zero-order chi connectivity index (χ0) is 19.2. The molecule has 0 N–H and O–H groups in total. The maximum atomic E-state index is 12.8. The van der Waals surface area contributed by atoms with Crippen LogP contribution in [-0.2, 0) is 33.2 Å². The van der Waals surface area contributed by atoms with Crippen molar-refractivity contribution in [2.45, 2.75) is 89.1 Å². The summed E-state index contributed by atoms with van der Waals surface area (Å²) in [6.07, 6.45) is 0.813. The van der Waals surface area contributed by atoms with Crippen LogP contribution in [0.1, 0.15) is 47.5 Å². The van der Waals surface area contributed by atoms with Crippen molar-refractivity contribution in [3.05, 3.63) is 12.7 Å². The summed E-state index contributed by atoms with van der Waals surface area (Å²) in [5, 5.41) is 0. The van der Waals surface area contributed by atoms with E-state index in [9.17, 15) is 4.79 Å². The first-order valence-electron chi connectivity index (χ1n) is 9.25. The van der Waals surface area contributed by atoms with Gasteiger partial charge in [-0.15, -0.1) is 6.58 Å². The number of carbonyl (C=O) groups is 1. The van der Waals surface area contributed by atoms with E-state index in [1.54, 1.807) is 13.0 Å². The maximum absolute atomic E-state index is 12.8. The summed E-state index contributed by atoms with van der Waals surface area (Å²) in [7, 11) is 0. The van der Waals surface area contributed by atoms with Gasteiger partial charge in [0.1, 0.15) is 18.3 Å². The molecule has 3 fully saturated rings. The quantitative estimate of drug-likeness (QED) is 0.543. The molecule has 0 aromatic carbocycles. The highest BCUT2D eigenvalue weighted by Gasteiger charge is 2.60. The number of carbonyl (C=O) groups excluding carboxylic acids is 1. The summed E-state index contributed by atoms with van der Waals surface area (Å²) in [4.78, 5) is 12.8. The zero-order valence-electron chi connectivity index (χ0n) is 16.3. The molecule has 5 atom stereocenters. The number of hydrogen-bond donors (Lipinski definition) is 0. The van der Waals surface area contributed by atoms with Crippen LogP contribution in [0.15, 0.2) is 12.7 Å². The lowest BCUT2D eigenvalue weighted by atomic mass is 9.84. The van der Waals surface area contributed by atoms with Gasteiger partial charge in [-0.25, -0.2) is 4.79 Å². The average molecular weight is 370 g/mol. The minimum atomic E-state index is -1.16. The fourth-order valence-corrected chi connectivity index (χ4v) is 4.01. The number of esters is 1. The Kier molecular flexibility index (Phi) is 5.22. The largest absolute Gasteiger partial charge is 0.464 e. The van der Waals surface area contributed by atoms with Gasteiger partial charge in [0.2, 0.25) is 0 Å². The summed E-state index contributed by atoms with van der Waals surface area (Å²) in [6.45, 7) is 13.6. The second-order valence-electron chi connectivity index (χ2n) is 8.00. The molecule has 26 heavy (non-hydrogen) atoms. The lowest BCUT2D eigenvalue weighted by Gasteiger charge is -2.44. The Balaban J connectivity index is 1.92. The van der Waals surface area contributed by atoms with E-state index in [1.807, 2.05) is 27.7 Å². The third kappa shape index (κ3) is 3.68. The molecule has 3 aliphatic rings. The molecule has 3 saturated heterocycles. The highest BCUT2D eigenvalue weighted by atomic mass is 16.8. The molecule has 0 spiro atoms. The molecule has 0 amide bonds. The van der Waals surface area contributed by atoms with Crippen molar-refractivity contribution < 1.29 is 33.2 Å². The Morgan fingerprint density at radius 3 is 2.31 bits per heavy atom. The Morgan fingerprint density at radius 2 is 1.73 bits per heavy atom. The summed E-state index contributed by atoms with van der Waals surface area (Å²) in [5.41, 5.74) is -1.16. The van der Waals surface area contributed by atoms with E-state index in [1.165, 1.54) is 0 Å². The summed E-state index contributed by atoms with van der Waals surface area (Å²) >= 11 is 0. The van der Waals surface area contributed by atoms with Crippen LogP contribution in [0.5, 0.6) is 0 Å². The minimum Gasteiger partial charge on any atom is -0.464 e. The van der Waals surface area contributed by atoms with Crippen molar-refractivity contribution in [2.75, 3.05) is 13.2 Å². The zero-order valence-corrected chi connectivity index (χ0v) is 16.3. The van der Waals surface area contributed by atoms with Gasteiger partial charge >= 0.3 is 5.97 Å². The molecule has 7 heteroatoms. The van der Waals surface area contributed by atoms with Crippen LogP contribution in [0.4, 0.5) is 0 Å². The third-order valence-electron chi connectivity index (χ3n) is 4.96. The van der Waals surface area contributed by atoms with Gasteiger partial charge in [-0.3, -0.25) is 0 Å². The molecule has 0 saturated carbocycles. The Labute approximate surface area is 154 Å². The van der Waals surface area contributed by atoms with E-state index < -0.39 is 29.2 Å². The summed E-state index contributed by atoms with van der Waals surface area (Å²) < 4.78 is 35.6. The first-order chi connectivity index (χ1) is 12.1. The highest BCUT2D eigenvalue weighted by Crippen LogP contribution is 2.45. The molecular formula is C19H30O7. The molecule has 0 bridgehead atoms. The van der Waals surface area contributed by atoms with Gasteiger partial charge in [0, 0.05) is 12.8 Å². The monoisotopic (exact) mass is 370 g/mol. The second kappa shape index (κ2) is 6.87. The topological polar surface area (TPSA) is 72.5 Å². The van der Waals surface area contributed by atoms with E-state index in [2.05, 4.69) is 6.58 Å². The van der Waals surface area contributed by atoms with Crippen LogP contribution in [0.2, 0.25) is 0 Å². The predicted molar refractivity (Wildman–Crippen MR) is 92.4 cm³/mol. The lowest BCUT2D eigenvalue weighted by molar-refractivity contribution is -0.238. The smallest absolute Gasteiger partial charge is 0.338 e.